The van der Waals surface area contributed by atoms with E-state index in [1.54, 1.807) is 12.1 Å². The van der Waals surface area contributed by atoms with E-state index in [2.05, 4.69) is 5.32 Å². The monoisotopic (exact) mass is 239 g/mol. The van der Waals surface area contributed by atoms with Gasteiger partial charge < -0.3 is 15.0 Å². The van der Waals surface area contributed by atoms with Gasteiger partial charge in [-0.1, -0.05) is 0 Å². The van der Waals surface area contributed by atoms with Crippen LogP contribution in [0.4, 0.5) is 11.4 Å². The Kier molecular flexibility index (Phi) is 4.71. The Labute approximate surface area is 100 Å². The lowest BCUT2D eigenvalue weighted by molar-refractivity contribution is -0.385. The first-order chi connectivity index (χ1) is 8.04. The maximum absolute atomic E-state index is 10.8. The van der Waals surface area contributed by atoms with E-state index in [-0.39, 0.29) is 11.4 Å². The van der Waals surface area contributed by atoms with Gasteiger partial charge in [0.2, 0.25) is 0 Å². The van der Waals surface area contributed by atoms with Crippen LogP contribution >= 0.6 is 0 Å². The highest BCUT2D eigenvalue weighted by atomic mass is 16.6. The van der Waals surface area contributed by atoms with Gasteiger partial charge in [-0.25, -0.2) is 0 Å². The highest BCUT2D eigenvalue weighted by Crippen LogP contribution is 2.29. The summed E-state index contributed by atoms with van der Waals surface area (Å²) in [5.74, 6) is 0.271. The Morgan fingerprint density at radius 1 is 1.47 bits per heavy atom. The Morgan fingerprint density at radius 2 is 2.18 bits per heavy atom. The van der Waals surface area contributed by atoms with Crippen molar-refractivity contribution in [3.8, 4) is 5.75 Å². The number of hydrogen-bond acceptors (Lipinski definition) is 5. The number of nitrogens with one attached hydrogen (secondary N) is 1. The first-order valence-corrected chi connectivity index (χ1v) is 5.25. The quantitative estimate of drug-likeness (QED) is 0.603. The Balaban J connectivity index is 2.74. The minimum atomic E-state index is -0.448. The third kappa shape index (κ3) is 3.92. The van der Waals surface area contributed by atoms with Crippen molar-refractivity contribution < 1.29 is 9.66 Å². The molecule has 0 fully saturated rings. The average molecular weight is 239 g/mol. The molecule has 0 atom stereocenters. The molecular weight excluding hydrogens is 222 g/mol. The summed E-state index contributed by atoms with van der Waals surface area (Å²) in [4.78, 5) is 12.4. The fourth-order valence-electron chi connectivity index (χ4n) is 1.37. The van der Waals surface area contributed by atoms with Crippen molar-refractivity contribution in [3.05, 3.63) is 28.3 Å². The Hall–Kier alpha value is -1.82. The molecule has 6 nitrogen and oxygen atoms in total. The Bertz CT molecular complexity index is 394. The van der Waals surface area contributed by atoms with Crippen LogP contribution in [0, 0.1) is 10.1 Å². The third-order valence-corrected chi connectivity index (χ3v) is 2.26. The van der Waals surface area contributed by atoms with Crippen molar-refractivity contribution in [2.24, 2.45) is 0 Å². The summed E-state index contributed by atoms with van der Waals surface area (Å²) in [6, 6.07) is 4.84. The van der Waals surface area contributed by atoms with Crippen molar-refractivity contribution in [3.63, 3.8) is 0 Å². The van der Waals surface area contributed by atoms with E-state index in [1.165, 1.54) is 13.2 Å². The predicted octanol–water partition coefficient (Wildman–Crippen LogP) is 1.58. The molecule has 1 N–H and O–H groups in total. The number of benzene rings is 1. The third-order valence-electron chi connectivity index (χ3n) is 2.26. The standard InChI is InChI=1S/C11H17N3O3/c1-13(2)7-6-12-9-4-5-11(17-3)10(8-9)14(15)16/h4-5,8,12H,6-7H2,1-3H3. The van der Waals surface area contributed by atoms with Crippen LogP contribution < -0.4 is 10.1 Å². The number of anilines is 1. The molecule has 0 unspecified atom stereocenters. The molecule has 0 aliphatic carbocycles. The van der Waals surface area contributed by atoms with Gasteiger partial charge in [0, 0.05) is 24.8 Å². The number of methoxy groups -OCH3 is 1. The van der Waals surface area contributed by atoms with E-state index in [0.717, 1.165) is 18.8 Å². The molecule has 1 aromatic rings. The van der Waals surface area contributed by atoms with Gasteiger partial charge in [-0.05, 0) is 26.2 Å². The number of ether oxygens (including phenoxy) is 1. The molecule has 0 heterocycles. The van der Waals surface area contributed by atoms with Crippen molar-refractivity contribution in [2.75, 3.05) is 39.6 Å². The molecule has 0 spiro atoms. The van der Waals surface area contributed by atoms with E-state index >= 15 is 0 Å². The maximum Gasteiger partial charge on any atom is 0.312 e. The highest BCUT2D eigenvalue weighted by molar-refractivity contribution is 5.58. The van der Waals surface area contributed by atoms with Crippen molar-refractivity contribution in [2.45, 2.75) is 0 Å². The zero-order valence-corrected chi connectivity index (χ0v) is 10.3. The fourth-order valence-corrected chi connectivity index (χ4v) is 1.37. The van der Waals surface area contributed by atoms with E-state index in [4.69, 9.17) is 4.74 Å². The van der Waals surface area contributed by atoms with Crippen molar-refractivity contribution >= 4 is 11.4 Å². The molecule has 0 amide bonds. The molecule has 0 saturated carbocycles. The second-order valence-electron chi connectivity index (χ2n) is 3.87. The van der Waals surface area contributed by atoms with E-state index in [9.17, 15) is 10.1 Å². The summed E-state index contributed by atoms with van der Waals surface area (Å²) in [5.41, 5.74) is 0.696. The molecule has 0 aliphatic rings. The van der Waals surface area contributed by atoms with Gasteiger partial charge in [0.15, 0.2) is 5.75 Å². The number of rotatable bonds is 6. The molecule has 94 valence electrons. The fraction of sp³-hybridized carbons (Fsp3) is 0.455. The summed E-state index contributed by atoms with van der Waals surface area (Å²) in [6.45, 7) is 1.59. The van der Waals surface area contributed by atoms with Gasteiger partial charge in [0.25, 0.3) is 0 Å². The van der Waals surface area contributed by atoms with Gasteiger partial charge in [0.1, 0.15) is 0 Å². The minimum Gasteiger partial charge on any atom is -0.490 e. The average Bonchev–Trinajstić information content (AvgIpc) is 2.28. The second kappa shape index (κ2) is 6.05. The highest BCUT2D eigenvalue weighted by Gasteiger charge is 2.14. The van der Waals surface area contributed by atoms with E-state index in [1.807, 2.05) is 19.0 Å². The molecule has 6 heteroatoms. The molecule has 0 bridgehead atoms. The molecule has 0 saturated heterocycles. The van der Waals surface area contributed by atoms with Crippen molar-refractivity contribution in [1.29, 1.82) is 0 Å². The van der Waals surface area contributed by atoms with Crippen LogP contribution in [-0.4, -0.2) is 44.1 Å². The minimum absolute atomic E-state index is 0.0256. The lowest BCUT2D eigenvalue weighted by Gasteiger charge is -2.11. The number of nitro benzene ring substituents is 1. The molecule has 1 rings (SSSR count). The molecule has 17 heavy (non-hydrogen) atoms. The lowest BCUT2D eigenvalue weighted by atomic mass is 10.2. The second-order valence-corrected chi connectivity index (χ2v) is 3.87. The zero-order chi connectivity index (χ0) is 12.8. The first kappa shape index (κ1) is 13.2. The topological polar surface area (TPSA) is 67.6 Å². The number of nitro groups is 1. The van der Waals surface area contributed by atoms with Gasteiger partial charge in [0.05, 0.1) is 12.0 Å². The molecule has 0 aliphatic heterocycles. The number of nitrogens with zero attached hydrogens (tertiary/aromatic N) is 2. The van der Waals surface area contributed by atoms with E-state index < -0.39 is 4.92 Å². The molecular formula is C11H17N3O3. The van der Waals surface area contributed by atoms with Crippen LogP contribution in [0.2, 0.25) is 0 Å². The summed E-state index contributed by atoms with van der Waals surface area (Å²) in [5, 5.41) is 13.9. The van der Waals surface area contributed by atoms with Gasteiger partial charge >= 0.3 is 5.69 Å². The predicted molar refractivity (Wildman–Crippen MR) is 66.7 cm³/mol. The van der Waals surface area contributed by atoms with Crippen LogP contribution in [-0.2, 0) is 0 Å². The molecule has 0 radical (unpaired) electrons. The largest absolute Gasteiger partial charge is 0.490 e. The number of hydrogen-bond donors (Lipinski definition) is 1. The molecule has 1 aromatic carbocycles. The maximum atomic E-state index is 10.8. The van der Waals surface area contributed by atoms with Crippen LogP contribution in [0.25, 0.3) is 0 Å². The lowest BCUT2D eigenvalue weighted by Crippen LogP contribution is -2.20. The summed E-state index contributed by atoms with van der Waals surface area (Å²) < 4.78 is 4.93. The zero-order valence-electron chi connectivity index (χ0n) is 10.3. The van der Waals surface area contributed by atoms with Crippen LogP contribution in [0.1, 0.15) is 0 Å². The smallest absolute Gasteiger partial charge is 0.312 e. The van der Waals surface area contributed by atoms with Gasteiger partial charge in [-0.15, -0.1) is 0 Å². The summed E-state index contributed by atoms with van der Waals surface area (Å²) in [7, 11) is 5.36. The van der Waals surface area contributed by atoms with E-state index in [0.29, 0.717) is 0 Å². The van der Waals surface area contributed by atoms with Gasteiger partial charge in [-0.3, -0.25) is 10.1 Å². The SMILES string of the molecule is COc1ccc(NCCN(C)C)cc1[N+](=O)[O-]. The summed E-state index contributed by atoms with van der Waals surface area (Å²) in [6.07, 6.45) is 0. The van der Waals surface area contributed by atoms with Crippen LogP contribution in [0.5, 0.6) is 5.75 Å². The van der Waals surface area contributed by atoms with Crippen LogP contribution in [0.15, 0.2) is 18.2 Å². The first-order valence-electron chi connectivity index (χ1n) is 5.25. The normalized spacial score (nSPS) is 10.4. The van der Waals surface area contributed by atoms with Gasteiger partial charge in [-0.2, -0.15) is 0 Å². The van der Waals surface area contributed by atoms with Crippen molar-refractivity contribution in [1.82, 2.24) is 4.90 Å². The summed E-state index contributed by atoms with van der Waals surface area (Å²) >= 11 is 0. The Morgan fingerprint density at radius 3 is 2.71 bits per heavy atom. The van der Waals surface area contributed by atoms with Crippen LogP contribution in [0.3, 0.4) is 0 Å². The molecule has 0 aromatic heterocycles. The number of likely N-dealkylation sites (N-methyl/N-ethyl adjacent to an activating group) is 1.